The molecule has 0 radical (unpaired) electrons. The number of alkyl halides is 3. The van der Waals surface area contributed by atoms with Crippen LogP contribution >= 0.6 is 11.3 Å². The van der Waals surface area contributed by atoms with E-state index in [9.17, 15) is 22.8 Å². The van der Waals surface area contributed by atoms with Crippen molar-refractivity contribution >= 4 is 28.8 Å². The van der Waals surface area contributed by atoms with Crippen LogP contribution in [-0.2, 0) is 4.79 Å². The molecule has 0 spiro atoms. The molecule has 1 atom stereocenters. The molecule has 154 valence electrons. The average Bonchev–Trinajstić information content (AvgIpc) is 3.19. The van der Waals surface area contributed by atoms with Gasteiger partial charge in [-0.3, -0.25) is 9.59 Å². The van der Waals surface area contributed by atoms with Crippen molar-refractivity contribution in [1.82, 2.24) is 15.2 Å². The number of anilines is 1. The zero-order valence-electron chi connectivity index (χ0n) is 15.3. The number of carbonyl (C=O) groups is 2. The standard InChI is InChI=1S/C19H19F3N4O2S/c20-19(21,22)18(28)24-13-3-1-12(2-4-13)17-23-9-15(29-17)16(27)25-14-10-26-7-5-11(14)6-8-26/h1-4,9,11,14H,5-8,10H2,(H,24,28)(H,25,27)/t14-/m0/s1. The zero-order chi connectivity index (χ0) is 20.6. The van der Waals surface area contributed by atoms with Crippen molar-refractivity contribution in [2.24, 2.45) is 5.92 Å². The minimum Gasteiger partial charge on any atom is -0.347 e. The lowest BCUT2D eigenvalue weighted by Gasteiger charge is -2.44. The number of nitrogens with one attached hydrogen (secondary N) is 2. The van der Waals surface area contributed by atoms with Gasteiger partial charge in [0.05, 0.1) is 6.20 Å². The van der Waals surface area contributed by atoms with Crippen LogP contribution in [0.15, 0.2) is 30.5 Å². The number of benzene rings is 1. The lowest BCUT2D eigenvalue weighted by molar-refractivity contribution is -0.167. The number of hydrogen-bond donors (Lipinski definition) is 2. The van der Waals surface area contributed by atoms with Crippen molar-refractivity contribution in [3.05, 3.63) is 35.3 Å². The van der Waals surface area contributed by atoms with Crippen LogP contribution in [0.3, 0.4) is 0 Å². The summed E-state index contributed by atoms with van der Waals surface area (Å²) < 4.78 is 36.9. The topological polar surface area (TPSA) is 74.3 Å². The molecule has 3 fully saturated rings. The number of carbonyl (C=O) groups excluding carboxylic acids is 2. The molecule has 2 bridgehead atoms. The molecule has 2 N–H and O–H groups in total. The zero-order valence-corrected chi connectivity index (χ0v) is 16.1. The van der Waals surface area contributed by atoms with Gasteiger partial charge in [0.25, 0.3) is 5.91 Å². The third-order valence-electron chi connectivity index (χ3n) is 5.35. The van der Waals surface area contributed by atoms with E-state index in [1.54, 1.807) is 17.4 Å². The summed E-state index contributed by atoms with van der Waals surface area (Å²) in [6.07, 6.45) is -1.21. The summed E-state index contributed by atoms with van der Waals surface area (Å²) in [6, 6.07) is 6.01. The molecule has 2 amide bonds. The van der Waals surface area contributed by atoms with Gasteiger partial charge >= 0.3 is 12.1 Å². The first kappa shape index (κ1) is 19.8. The molecule has 6 nitrogen and oxygen atoms in total. The molecule has 0 saturated carbocycles. The van der Waals surface area contributed by atoms with Crippen LogP contribution in [-0.4, -0.2) is 53.6 Å². The number of fused-ring (bicyclic) bond motifs is 3. The van der Waals surface area contributed by atoms with Gasteiger partial charge in [-0.05, 0) is 56.1 Å². The summed E-state index contributed by atoms with van der Waals surface area (Å²) >= 11 is 1.22. The van der Waals surface area contributed by atoms with Crippen LogP contribution in [0, 0.1) is 5.92 Å². The van der Waals surface area contributed by atoms with Crippen molar-refractivity contribution < 1.29 is 22.8 Å². The van der Waals surface area contributed by atoms with Crippen LogP contribution < -0.4 is 10.6 Å². The highest BCUT2D eigenvalue weighted by Crippen LogP contribution is 2.29. The van der Waals surface area contributed by atoms with Gasteiger partial charge in [0.15, 0.2) is 0 Å². The third-order valence-corrected chi connectivity index (χ3v) is 6.39. The van der Waals surface area contributed by atoms with Gasteiger partial charge in [-0.15, -0.1) is 11.3 Å². The summed E-state index contributed by atoms with van der Waals surface area (Å²) in [6.45, 7) is 3.08. The molecular weight excluding hydrogens is 405 g/mol. The molecule has 29 heavy (non-hydrogen) atoms. The summed E-state index contributed by atoms with van der Waals surface area (Å²) in [7, 11) is 0. The van der Waals surface area contributed by atoms with Gasteiger partial charge in [-0.25, -0.2) is 4.98 Å². The molecule has 3 aliphatic heterocycles. The van der Waals surface area contributed by atoms with E-state index in [0.29, 0.717) is 21.4 Å². The van der Waals surface area contributed by atoms with Gasteiger partial charge in [-0.1, -0.05) is 0 Å². The van der Waals surface area contributed by atoms with E-state index in [1.807, 2.05) is 0 Å². The monoisotopic (exact) mass is 424 g/mol. The Morgan fingerprint density at radius 2 is 1.83 bits per heavy atom. The highest BCUT2D eigenvalue weighted by atomic mass is 32.1. The van der Waals surface area contributed by atoms with Gasteiger partial charge in [0.2, 0.25) is 0 Å². The highest BCUT2D eigenvalue weighted by molar-refractivity contribution is 7.16. The van der Waals surface area contributed by atoms with E-state index in [1.165, 1.54) is 29.7 Å². The molecule has 1 aromatic heterocycles. The van der Waals surface area contributed by atoms with Crippen molar-refractivity contribution in [2.45, 2.75) is 25.1 Å². The third kappa shape index (κ3) is 4.43. The van der Waals surface area contributed by atoms with Crippen LogP contribution in [0.1, 0.15) is 22.5 Å². The Hall–Kier alpha value is -2.46. The van der Waals surface area contributed by atoms with Crippen molar-refractivity contribution in [3.8, 4) is 10.6 Å². The molecule has 1 aromatic carbocycles. The fourth-order valence-corrected chi connectivity index (χ4v) is 4.60. The van der Waals surface area contributed by atoms with Crippen molar-refractivity contribution in [2.75, 3.05) is 25.0 Å². The van der Waals surface area contributed by atoms with Crippen LogP contribution in [0.5, 0.6) is 0 Å². The maximum Gasteiger partial charge on any atom is 0.471 e. The predicted octanol–water partition coefficient (Wildman–Crippen LogP) is 3.13. The van der Waals surface area contributed by atoms with Crippen molar-refractivity contribution in [1.29, 1.82) is 0 Å². The molecule has 0 unspecified atom stereocenters. The number of rotatable bonds is 4. The fraction of sp³-hybridized carbons (Fsp3) is 0.421. The smallest absolute Gasteiger partial charge is 0.347 e. The Morgan fingerprint density at radius 1 is 1.14 bits per heavy atom. The maximum absolute atomic E-state index is 12.6. The Labute approximate surface area is 169 Å². The minimum atomic E-state index is -4.94. The van der Waals surface area contributed by atoms with E-state index in [0.717, 1.165) is 32.5 Å². The fourth-order valence-electron chi connectivity index (χ4n) is 3.78. The first-order chi connectivity index (χ1) is 13.8. The normalized spacial score (nSPS) is 23.6. The molecule has 4 heterocycles. The van der Waals surface area contributed by atoms with Gasteiger partial charge in [-0.2, -0.15) is 13.2 Å². The number of amides is 2. The van der Waals surface area contributed by atoms with E-state index >= 15 is 0 Å². The number of piperidine rings is 3. The van der Waals surface area contributed by atoms with Crippen LogP contribution in [0.4, 0.5) is 18.9 Å². The van der Waals surface area contributed by atoms with Gasteiger partial charge in [0.1, 0.15) is 9.88 Å². The van der Waals surface area contributed by atoms with Gasteiger partial charge < -0.3 is 15.5 Å². The number of nitrogens with zero attached hydrogens (tertiary/aromatic N) is 2. The number of hydrogen-bond acceptors (Lipinski definition) is 5. The quantitative estimate of drug-likeness (QED) is 0.791. The molecule has 0 aliphatic carbocycles. The van der Waals surface area contributed by atoms with E-state index in [-0.39, 0.29) is 17.6 Å². The Balaban J connectivity index is 1.39. The maximum atomic E-state index is 12.6. The first-order valence-corrected chi connectivity index (χ1v) is 10.1. The second-order valence-corrected chi connectivity index (χ2v) is 8.31. The van der Waals surface area contributed by atoms with E-state index in [2.05, 4.69) is 15.2 Å². The van der Waals surface area contributed by atoms with Gasteiger partial charge in [0, 0.05) is 23.8 Å². The van der Waals surface area contributed by atoms with E-state index in [4.69, 9.17) is 0 Å². The van der Waals surface area contributed by atoms with Crippen LogP contribution in [0.25, 0.3) is 10.6 Å². The summed E-state index contributed by atoms with van der Waals surface area (Å²) in [4.78, 5) is 30.7. The lowest BCUT2D eigenvalue weighted by Crippen LogP contribution is -2.57. The second kappa shape index (κ2) is 7.75. The SMILES string of the molecule is O=C(N[C@H]1CN2CCC1CC2)c1cnc(-c2ccc(NC(=O)C(F)(F)F)cc2)s1. The Bertz CT molecular complexity index is 905. The molecule has 2 aromatic rings. The summed E-state index contributed by atoms with van der Waals surface area (Å²) in [5.74, 6) is -1.65. The Kier molecular flexibility index (Phi) is 5.30. The average molecular weight is 424 g/mol. The first-order valence-electron chi connectivity index (χ1n) is 9.27. The minimum absolute atomic E-state index is 0.0351. The largest absolute Gasteiger partial charge is 0.471 e. The summed E-state index contributed by atoms with van der Waals surface area (Å²) in [5, 5.41) is 5.49. The number of aromatic nitrogens is 1. The highest BCUT2D eigenvalue weighted by Gasteiger charge is 2.38. The molecule has 3 aliphatic rings. The van der Waals surface area contributed by atoms with Crippen LogP contribution in [0.2, 0.25) is 0 Å². The number of thiazole rings is 1. The molecule has 5 rings (SSSR count). The Morgan fingerprint density at radius 3 is 2.41 bits per heavy atom. The van der Waals surface area contributed by atoms with E-state index < -0.39 is 12.1 Å². The predicted molar refractivity (Wildman–Crippen MR) is 103 cm³/mol. The second-order valence-electron chi connectivity index (χ2n) is 7.28. The molecular formula is C19H19F3N4O2S. The number of halogens is 3. The lowest BCUT2D eigenvalue weighted by atomic mass is 9.84. The molecule has 3 saturated heterocycles. The summed E-state index contributed by atoms with van der Waals surface area (Å²) in [5.41, 5.74) is 0.690. The molecule has 10 heteroatoms. The van der Waals surface area contributed by atoms with Crippen molar-refractivity contribution in [3.63, 3.8) is 0 Å².